The summed E-state index contributed by atoms with van der Waals surface area (Å²) in [5.74, 6) is -1.13. The third-order valence-corrected chi connectivity index (χ3v) is 3.05. The Morgan fingerprint density at radius 1 is 1.19 bits per heavy atom. The molecule has 0 atom stereocenters. The molecule has 0 spiro atoms. The zero-order valence-electron chi connectivity index (χ0n) is 11.8. The van der Waals surface area contributed by atoms with Crippen LogP contribution in [0.4, 0.5) is 8.78 Å². The molecule has 0 bridgehead atoms. The smallest absolute Gasteiger partial charge is 0.253 e. The lowest BCUT2D eigenvalue weighted by Crippen LogP contribution is -2.26. The molecule has 3 nitrogen and oxygen atoms in total. The fourth-order valence-electron chi connectivity index (χ4n) is 2.00. The van der Waals surface area contributed by atoms with E-state index in [0.29, 0.717) is 5.56 Å². The molecule has 0 saturated heterocycles. The largest absolute Gasteiger partial charge is 0.494 e. The van der Waals surface area contributed by atoms with E-state index in [1.807, 2.05) is 0 Å². The van der Waals surface area contributed by atoms with Gasteiger partial charge in [-0.05, 0) is 35.9 Å². The number of halogens is 2. The Hall–Kier alpha value is -2.43. The summed E-state index contributed by atoms with van der Waals surface area (Å²) in [5.41, 5.74) is 0.882. The van der Waals surface area contributed by atoms with Crippen molar-refractivity contribution in [1.29, 1.82) is 0 Å². The molecular weight excluding hydrogens is 276 g/mol. The first-order chi connectivity index (χ1) is 10.0. The SMILES string of the molecule is COc1ccc(CN(C)C(=O)c2cccc(F)c2)cc1F. The second-order valence-corrected chi connectivity index (χ2v) is 4.64. The predicted molar refractivity (Wildman–Crippen MR) is 75.1 cm³/mol. The Morgan fingerprint density at radius 2 is 1.95 bits per heavy atom. The summed E-state index contributed by atoms with van der Waals surface area (Å²) < 4.78 is 31.6. The van der Waals surface area contributed by atoms with Gasteiger partial charge in [-0.1, -0.05) is 12.1 Å². The van der Waals surface area contributed by atoms with Crippen LogP contribution >= 0.6 is 0 Å². The maximum atomic E-state index is 13.6. The van der Waals surface area contributed by atoms with Crippen molar-refractivity contribution in [3.8, 4) is 5.75 Å². The van der Waals surface area contributed by atoms with Crippen LogP contribution in [0.3, 0.4) is 0 Å². The van der Waals surface area contributed by atoms with E-state index in [-0.39, 0.29) is 23.8 Å². The molecule has 2 rings (SSSR count). The molecule has 110 valence electrons. The third kappa shape index (κ3) is 3.56. The quantitative estimate of drug-likeness (QED) is 0.865. The summed E-state index contributed by atoms with van der Waals surface area (Å²) in [7, 11) is 2.97. The Morgan fingerprint density at radius 3 is 2.57 bits per heavy atom. The van der Waals surface area contributed by atoms with E-state index in [0.717, 1.165) is 0 Å². The van der Waals surface area contributed by atoms with Gasteiger partial charge in [-0.3, -0.25) is 4.79 Å². The lowest BCUT2D eigenvalue weighted by atomic mass is 10.1. The lowest BCUT2D eigenvalue weighted by molar-refractivity contribution is 0.0784. The number of hydrogen-bond donors (Lipinski definition) is 0. The molecule has 0 saturated carbocycles. The van der Waals surface area contributed by atoms with Gasteiger partial charge in [-0.2, -0.15) is 0 Å². The highest BCUT2D eigenvalue weighted by molar-refractivity contribution is 5.94. The first-order valence-corrected chi connectivity index (χ1v) is 6.34. The van der Waals surface area contributed by atoms with Gasteiger partial charge >= 0.3 is 0 Å². The number of amides is 1. The monoisotopic (exact) mass is 291 g/mol. The standard InChI is InChI=1S/C16H15F2NO2/c1-19(16(20)12-4-3-5-13(17)9-12)10-11-6-7-15(21-2)14(18)8-11/h3-9H,10H2,1-2H3. The van der Waals surface area contributed by atoms with Crippen molar-refractivity contribution in [2.75, 3.05) is 14.2 Å². The summed E-state index contributed by atoms with van der Waals surface area (Å²) in [4.78, 5) is 13.5. The van der Waals surface area contributed by atoms with Crippen molar-refractivity contribution >= 4 is 5.91 Å². The van der Waals surface area contributed by atoms with Gasteiger partial charge in [0.1, 0.15) is 5.82 Å². The molecule has 5 heteroatoms. The molecule has 0 aliphatic rings. The molecule has 1 amide bonds. The first-order valence-electron chi connectivity index (χ1n) is 6.34. The van der Waals surface area contributed by atoms with E-state index in [2.05, 4.69) is 0 Å². The summed E-state index contributed by atoms with van der Waals surface area (Å²) in [6.45, 7) is 0.219. The van der Waals surface area contributed by atoms with Crippen LogP contribution in [0.25, 0.3) is 0 Å². The van der Waals surface area contributed by atoms with Crippen LogP contribution in [0.15, 0.2) is 42.5 Å². The second-order valence-electron chi connectivity index (χ2n) is 4.64. The number of rotatable bonds is 4. The summed E-state index contributed by atoms with van der Waals surface area (Å²) in [6.07, 6.45) is 0. The molecule has 0 N–H and O–H groups in total. The number of methoxy groups -OCH3 is 1. The molecule has 21 heavy (non-hydrogen) atoms. The third-order valence-electron chi connectivity index (χ3n) is 3.05. The Bertz CT molecular complexity index is 658. The minimum Gasteiger partial charge on any atom is -0.494 e. The number of benzene rings is 2. The Kier molecular flexibility index (Phi) is 4.52. The van der Waals surface area contributed by atoms with E-state index in [1.54, 1.807) is 13.1 Å². The molecule has 0 radical (unpaired) electrons. The number of ether oxygens (including phenoxy) is 1. The fourth-order valence-corrected chi connectivity index (χ4v) is 2.00. The first kappa shape index (κ1) is 15.0. The molecule has 0 unspecified atom stereocenters. The van der Waals surface area contributed by atoms with Gasteiger partial charge in [0.25, 0.3) is 5.91 Å². The molecule has 0 aromatic heterocycles. The number of carbonyl (C=O) groups excluding carboxylic acids is 1. The summed E-state index contributed by atoms with van der Waals surface area (Å²) in [6, 6.07) is 9.96. The van der Waals surface area contributed by atoms with Crippen molar-refractivity contribution in [1.82, 2.24) is 4.90 Å². The van der Waals surface area contributed by atoms with Gasteiger partial charge in [0.2, 0.25) is 0 Å². The van der Waals surface area contributed by atoms with Crippen molar-refractivity contribution in [2.45, 2.75) is 6.54 Å². The lowest BCUT2D eigenvalue weighted by Gasteiger charge is -2.17. The van der Waals surface area contributed by atoms with Gasteiger partial charge in [-0.15, -0.1) is 0 Å². The van der Waals surface area contributed by atoms with Gasteiger partial charge in [-0.25, -0.2) is 8.78 Å². The van der Waals surface area contributed by atoms with Crippen LogP contribution in [-0.2, 0) is 6.54 Å². The number of nitrogens with zero attached hydrogens (tertiary/aromatic N) is 1. The molecule has 0 aliphatic carbocycles. The maximum Gasteiger partial charge on any atom is 0.253 e. The fraction of sp³-hybridized carbons (Fsp3) is 0.188. The van der Waals surface area contributed by atoms with E-state index in [1.165, 1.54) is 48.4 Å². The minimum atomic E-state index is -0.485. The Labute approximate surface area is 121 Å². The average Bonchev–Trinajstić information content (AvgIpc) is 2.46. The predicted octanol–water partition coefficient (Wildman–Crippen LogP) is 3.25. The van der Waals surface area contributed by atoms with Gasteiger partial charge in [0, 0.05) is 19.2 Å². The highest BCUT2D eigenvalue weighted by Crippen LogP contribution is 2.19. The van der Waals surface area contributed by atoms with E-state index < -0.39 is 11.6 Å². The van der Waals surface area contributed by atoms with Crippen LogP contribution < -0.4 is 4.74 Å². The van der Waals surface area contributed by atoms with Crippen LogP contribution in [-0.4, -0.2) is 25.0 Å². The van der Waals surface area contributed by atoms with Crippen LogP contribution in [0.2, 0.25) is 0 Å². The van der Waals surface area contributed by atoms with Crippen molar-refractivity contribution in [3.63, 3.8) is 0 Å². The topological polar surface area (TPSA) is 29.5 Å². The van der Waals surface area contributed by atoms with Crippen molar-refractivity contribution in [2.24, 2.45) is 0 Å². The van der Waals surface area contributed by atoms with Gasteiger partial charge in [0.05, 0.1) is 7.11 Å². The molecule has 2 aromatic rings. The average molecular weight is 291 g/mol. The maximum absolute atomic E-state index is 13.6. The van der Waals surface area contributed by atoms with Gasteiger partial charge in [0.15, 0.2) is 11.6 Å². The van der Waals surface area contributed by atoms with Crippen LogP contribution in [0.5, 0.6) is 5.75 Å². The zero-order chi connectivity index (χ0) is 15.4. The van der Waals surface area contributed by atoms with Crippen molar-refractivity contribution < 1.29 is 18.3 Å². The normalized spacial score (nSPS) is 10.3. The van der Waals surface area contributed by atoms with E-state index >= 15 is 0 Å². The second kappa shape index (κ2) is 6.35. The van der Waals surface area contributed by atoms with E-state index in [9.17, 15) is 13.6 Å². The molecule has 2 aromatic carbocycles. The molecular formula is C16H15F2NO2. The van der Waals surface area contributed by atoms with Crippen LogP contribution in [0.1, 0.15) is 15.9 Å². The highest BCUT2D eigenvalue weighted by atomic mass is 19.1. The van der Waals surface area contributed by atoms with E-state index in [4.69, 9.17) is 4.74 Å². The van der Waals surface area contributed by atoms with Crippen molar-refractivity contribution in [3.05, 3.63) is 65.2 Å². The number of carbonyl (C=O) groups is 1. The molecule has 0 aliphatic heterocycles. The summed E-state index contributed by atoms with van der Waals surface area (Å²) in [5, 5.41) is 0. The molecule has 0 heterocycles. The highest BCUT2D eigenvalue weighted by Gasteiger charge is 2.13. The van der Waals surface area contributed by atoms with Crippen LogP contribution in [0, 0.1) is 11.6 Å². The van der Waals surface area contributed by atoms with Gasteiger partial charge < -0.3 is 9.64 Å². The summed E-state index contributed by atoms with van der Waals surface area (Å²) >= 11 is 0. The minimum absolute atomic E-state index is 0.151. The zero-order valence-corrected chi connectivity index (χ0v) is 11.8. The number of hydrogen-bond acceptors (Lipinski definition) is 2. The molecule has 0 fully saturated rings. The Balaban J connectivity index is 2.12.